The van der Waals surface area contributed by atoms with E-state index in [-0.39, 0.29) is 92.5 Å². The highest BCUT2D eigenvalue weighted by atomic mass is 28.4. The molecule has 5 aromatic carbocycles. The number of para-hydroxylation sites is 1. The summed E-state index contributed by atoms with van der Waals surface area (Å²) in [6.07, 6.45) is 4.02. The van der Waals surface area contributed by atoms with Gasteiger partial charge in [0.2, 0.25) is 17.3 Å². The maximum Gasteiger partial charge on any atom is 0.514 e. The van der Waals surface area contributed by atoms with E-state index in [0.29, 0.717) is 42.1 Å². The lowest BCUT2D eigenvalue weighted by Crippen LogP contribution is -2.68. The highest BCUT2D eigenvalue weighted by Crippen LogP contribution is 2.61. The third-order valence-electron chi connectivity index (χ3n) is 21.5. The second-order valence-corrected chi connectivity index (χ2v) is 41.5. The van der Waals surface area contributed by atoms with Crippen molar-refractivity contribution >= 4 is 57.7 Å². The molecule has 0 radical (unpaired) electrons. The van der Waals surface area contributed by atoms with E-state index in [1.807, 2.05) is 143 Å². The first-order chi connectivity index (χ1) is 48.8. The third-order valence-corrected chi connectivity index (χ3v) is 30.3. The zero-order valence-corrected chi connectivity index (χ0v) is 65.6. The molecule has 0 saturated heterocycles. The van der Waals surface area contributed by atoms with Gasteiger partial charge < -0.3 is 46.7 Å². The number of hydrogen-bond donors (Lipinski definition) is 1. The number of ketones is 4. The Bertz CT molecular complexity index is 4420. The summed E-state index contributed by atoms with van der Waals surface area (Å²) in [6.45, 7) is 32.4. The number of fused-ring (bicyclic) bond motifs is 6. The Hall–Kier alpha value is -8.91. The van der Waals surface area contributed by atoms with Crippen molar-refractivity contribution in [2.24, 2.45) is 17.8 Å². The summed E-state index contributed by atoms with van der Waals surface area (Å²) >= 11 is 0. The zero-order chi connectivity index (χ0) is 76.0. The maximum absolute atomic E-state index is 15.3. The van der Waals surface area contributed by atoms with Crippen LogP contribution in [0.5, 0.6) is 23.3 Å². The van der Waals surface area contributed by atoms with Gasteiger partial charge in [-0.1, -0.05) is 171 Å². The minimum Gasteiger partial charge on any atom is -0.507 e. The van der Waals surface area contributed by atoms with Crippen molar-refractivity contribution in [2.75, 3.05) is 28.2 Å². The Balaban J connectivity index is 0.000000175. The van der Waals surface area contributed by atoms with E-state index in [2.05, 4.69) is 85.0 Å². The molecule has 552 valence electrons. The van der Waals surface area contributed by atoms with E-state index >= 15 is 9.59 Å². The molecular formula is C82H100N4O16Si2. The van der Waals surface area contributed by atoms with Gasteiger partial charge in [-0.15, -0.1) is 0 Å². The molecule has 20 nitrogen and oxygen atoms in total. The standard InChI is InChI=1S/C36H44N2O6Si.C26H34N2O5Si.C20H22O5/c1-20-14-13-17-23-21(2)24-18-25-29(38(6)7)31-28(34(37-43-31)42-19-22-15-11-10-12-16-22)33(41)36(25,44-45(8,9)35(3,4)5)32(40)27(24)30(39)26(20)23;1-25(2,3)34(6,7)33-26-18(14-11-15-19(26)29)21(28(4)5)22-20(23(26)30)24(27-32-22)31-16-17-12-9-8-10-13-17;1-5-14-10-9-13-16(24-19(22)25-20(2,3)4)17(14)18(21)23-15-11-7-6-8-12-15/h10-17,21,24-25,29,39H,18-19H2,1-9H3;8-13,15,18,21H,14,16H2,1-7H3;6-13H,5H2,1-4H3/t21-,24+,25-,29-,36-;18-,21-,26-;/m00./s1. The molecule has 12 rings (SSSR count). The van der Waals surface area contributed by atoms with Crippen LogP contribution in [0.25, 0.3) is 5.76 Å². The fourth-order valence-electron chi connectivity index (χ4n) is 14.2. The second kappa shape index (κ2) is 29.9. The summed E-state index contributed by atoms with van der Waals surface area (Å²) in [6, 6.07) is 38.1. The molecule has 2 heterocycles. The van der Waals surface area contributed by atoms with Gasteiger partial charge in [-0.2, -0.15) is 0 Å². The van der Waals surface area contributed by atoms with E-state index in [4.69, 9.17) is 41.6 Å². The van der Waals surface area contributed by atoms with Gasteiger partial charge in [0.15, 0.2) is 45.1 Å². The second-order valence-electron chi connectivity index (χ2n) is 32.1. The number of carbonyl (C=O) groups excluding carboxylic acids is 6. The average Bonchev–Trinajstić information content (AvgIpc) is 1.10. The predicted molar refractivity (Wildman–Crippen MR) is 400 cm³/mol. The van der Waals surface area contributed by atoms with E-state index in [0.717, 1.165) is 27.8 Å². The number of aliphatic hydroxyl groups excluding tert-OH is 1. The summed E-state index contributed by atoms with van der Waals surface area (Å²) in [5.74, 6) is -2.16. The van der Waals surface area contributed by atoms with Gasteiger partial charge in [0, 0.05) is 23.0 Å². The molecule has 1 N–H and O–H groups in total. The lowest BCUT2D eigenvalue weighted by molar-refractivity contribution is -0.141. The number of esters is 1. The molecule has 0 spiro atoms. The van der Waals surface area contributed by atoms with Crippen LogP contribution in [-0.2, 0) is 42.8 Å². The predicted octanol–water partition coefficient (Wildman–Crippen LogP) is 17.2. The van der Waals surface area contributed by atoms with Crippen molar-refractivity contribution in [1.29, 1.82) is 0 Å². The van der Waals surface area contributed by atoms with Crippen LogP contribution in [0.15, 0.2) is 154 Å². The Labute approximate surface area is 612 Å². The van der Waals surface area contributed by atoms with Crippen LogP contribution in [0.3, 0.4) is 0 Å². The van der Waals surface area contributed by atoms with Crippen molar-refractivity contribution in [1.82, 2.24) is 20.1 Å². The number of aryl methyl sites for hydroxylation is 2. The van der Waals surface area contributed by atoms with Gasteiger partial charge in [0.25, 0.3) is 11.8 Å². The number of aliphatic hydroxyl groups is 1. The van der Waals surface area contributed by atoms with Crippen LogP contribution in [-0.4, -0.2) is 122 Å². The molecule has 5 aliphatic rings. The molecule has 8 atom stereocenters. The Morgan fingerprint density at radius 1 is 0.615 bits per heavy atom. The molecule has 0 unspecified atom stereocenters. The van der Waals surface area contributed by atoms with Gasteiger partial charge in [-0.3, -0.25) is 29.0 Å². The zero-order valence-electron chi connectivity index (χ0n) is 63.6. The fraction of sp³-hybridized carbons (Fsp3) is 0.439. The van der Waals surface area contributed by atoms with Crippen molar-refractivity contribution in [2.45, 2.75) is 187 Å². The number of hydrogen-bond acceptors (Lipinski definition) is 20. The highest BCUT2D eigenvalue weighted by molar-refractivity contribution is 6.75. The number of aromatic nitrogens is 2. The third kappa shape index (κ3) is 14.9. The molecule has 1 fully saturated rings. The number of Topliss-reactive ketones (excluding diaryl/α,β-unsaturated/α-hetero) is 3. The number of rotatable bonds is 16. The quantitative estimate of drug-likeness (QED) is 0.0310. The highest BCUT2D eigenvalue weighted by Gasteiger charge is 2.70. The SMILES string of the molecule is CCc1cccc(OC(=O)OC(C)(C)C)c1C(=O)Oc1ccccc1.CN(C)[C@@H]1c2onc(OCc3ccccc3)c2C(=O)[C@@]2(O[Si](C)(C)C(C)(C)C)C(=O)C=CC[C@@H]12.Cc1cccc2c1C(O)=C1C(=O)[C@]3(O[Si](C)(C)C(C)(C)C)C(=O)c4c(OCc5ccccc5)noc4[C@@H](N(C)C)[C@@H]3C[C@@H]1[C@H]2C. The molecule has 0 bridgehead atoms. The summed E-state index contributed by atoms with van der Waals surface area (Å²) in [7, 11) is 2.36. The average molecular weight is 1450 g/mol. The largest absolute Gasteiger partial charge is 0.514 e. The molecule has 104 heavy (non-hydrogen) atoms. The van der Waals surface area contributed by atoms with Gasteiger partial charge in [-0.25, -0.2) is 9.59 Å². The van der Waals surface area contributed by atoms with Crippen LogP contribution in [0.1, 0.15) is 183 Å². The molecule has 5 aliphatic carbocycles. The first-order valence-corrected chi connectivity index (χ1v) is 41.4. The Morgan fingerprint density at radius 2 is 1.11 bits per heavy atom. The summed E-state index contributed by atoms with van der Waals surface area (Å²) < 4.78 is 53.6. The summed E-state index contributed by atoms with van der Waals surface area (Å²) in [5, 5.41) is 19.8. The smallest absolute Gasteiger partial charge is 0.507 e. The normalized spacial score (nSPS) is 22.1. The summed E-state index contributed by atoms with van der Waals surface area (Å²) in [4.78, 5) is 87.0. The minimum absolute atomic E-state index is 0.0428. The van der Waals surface area contributed by atoms with Crippen LogP contribution >= 0.6 is 0 Å². The first-order valence-electron chi connectivity index (χ1n) is 35.6. The van der Waals surface area contributed by atoms with Crippen LogP contribution < -0.4 is 18.9 Å². The van der Waals surface area contributed by atoms with E-state index in [9.17, 15) is 24.3 Å². The van der Waals surface area contributed by atoms with Crippen molar-refractivity contribution in [3.8, 4) is 23.3 Å². The first kappa shape index (κ1) is 77.7. The van der Waals surface area contributed by atoms with Crippen molar-refractivity contribution in [3.63, 3.8) is 0 Å². The van der Waals surface area contributed by atoms with Gasteiger partial charge in [0.05, 0.1) is 12.1 Å². The molecule has 0 aliphatic heterocycles. The fourth-order valence-corrected chi connectivity index (χ4v) is 17.1. The topological polar surface area (TPSA) is 246 Å². The van der Waals surface area contributed by atoms with Crippen LogP contribution in [0.2, 0.25) is 36.3 Å². The minimum atomic E-state index is -2.78. The number of allylic oxidation sites excluding steroid dienone is 1. The van der Waals surface area contributed by atoms with Gasteiger partial charge in [0.1, 0.15) is 52.8 Å². The number of ether oxygens (including phenoxy) is 5. The molecule has 22 heteroatoms. The Morgan fingerprint density at radius 3 is 1.61 bits per heavy atom. The number of benzene rings is 5. The maximum atomic E-state index is 15.3. The van der Waals surface area contributed by atoms with E-state index in [1.54, 1.807) is 63.2 Å². The molecule has 1 saturated carbocycles. The lowest BCUT2D eigenvalue weighted by atomic mass is 9.55. The lowest BCUT2D eigenvalue weighted by Gasteiger charge is -2.55. The van der Waals surface area contributed by atoms with Crippen molar-refractivity contribution in [3.05, 3.63) is 207 Å². The van der Waals surface area contributed by atoms with Gasteiger partial charge >= 0.3 is 12.1 Å². The molecule has 7 aromatic rings. The van der Waals surface area contributed by atoms with E-state index in [1.165, 1.54) is 6.08 Å². The molecular weight excluding hydrogens is 1350 g/mol. The van der Waals surface area contributed by atoms with Crippen molar-refractivity contribution < 1.29 is 75.5 Å². The molecule has 0 amide bonds. The molecule has 2 aromatic heterocycles. The number of nitrogens with zero attached hydrogens (tertiary/aromatic N) is 4. The Kier molecular flexibility index (Phi) is 22.4. The monoisotopic (exact) mass is 1450 g/mol. The van der Waals surface area contributed by atoms with Crippen LogP contribution in [0.4, 0.5) is 4.79 Å². The number of carbonyl (C=O) groups is 6. The van der Waals surface area contributed by atoms with Gasteiger partial charge in [-0.05, 0) is 186 Å². The van der Waals surface area contributed by atoms with E-state index < -0.39 is 80.8 Å². The summed E-state index contributed by atoms with van der Waals surface area (Å²) in [5.41, 5.74) is 1.80. The van der Waals surface area contributed by atoms with Crippen LogP contribution in [0, 0.1) is 24.7 Å².